The van der Waals surface area contributed by atoms with E-state index < -0.39 is 0 Å². The maximum atomic E-state index is 13.1. The number of imidazole rings is 1. The fourth-order valence-corrected chi connectivity index (χ4v) is 3.91. The molecule has 2 aromatic carbocycles. The van der Waals surface area contributed by atoms with Crippen LogP contribution in [0.15, 0.2) is 79.3 Å². The molecule has 0 saturated heterocycles. The molecule has 1 amide bonds. The number of nitrogens with zero attached hydrogens (tertiary/aromatic N) is 4. The summed E-state index contributed by atoms with van der Waals surface area (Å²) in [5.41, 5.74) is 5.06. The number of nitrogens with one attached hydrogen (secondary N) is 1. The fraction of sp³-hybridized carbons (Fsp3) is 0.120. The Morgan fingerprint density at radius 1 is 0.935 bits per heavy atom. The third kappa shape index (κ3) is 3.22. The van der Waals surface area contributed by atoms with Crippen molar-refractivity contribution in [2.75, 3.05) is 5.32 Å². The van der Waals surface area contributed by atoms with Gasteiger partial charge < -0.3 is 5.32 Å². The highest BCUT2D eigenvalue weighted by Crippen LogP contribution is 2.40. The largest absolute Gasteiger partial charge is 0.321 e. The van der Waals surface area contributed by atoms with Crippen LogP contribution < -0.4 is 5.32 Å². The van der Waals surface area contributed by atoms with Crippen LogP contribution in [0.25, 0.3) is 27.8 Å². The van der Waals surface area contributed by atoms with E-state index in [0.717, 1.165) is 46.3 Å². The Kier molecular flexibility index (Phi) is 4.02. The van der Waals surface area contributed by atoms with Crippen LogP contribution in [0.3, 0.4) is 0 Å². The van der Waals surface area contributed by atoms with Gasteiger partial charge in [-0.15, -0.1) is 0 Å². The zero-order valence-corrected chi connectivity index (χ0v) is 16.7. The van der Waals surface area contributed by atoms with Crippen molar-refractivity contribution in [3.63, 3.8) is 0 Å². The van der Waals surface area contributed by atoms with Gasteiger partial charge in [-0.2, -0.15) is 0 Å². The number of carbonyl (C=O) groups is 1. The summed E-state index contributed by atoms with van der Waals surface area (Å²) in [6.45, 7) is 0. The molecule has 0 bridgehead atoms. The molecule has 1 fully saturated rings. The molecule has 31 heavy (non-hydrogen) atoms. The molecule has 0 radical (unpaired) electrons. The Balaban J connectivity index is 1.30. The van der Waals surface area contributed by atoms with Crippen LogP contribution in [0.4, 0.5) is 5.69 Å². The molecule has 1 aliphatic rings. The number of amides is 1. The number of hydrogen-bond acceptors (Lipinski definition) is 4. The summed E-state index contributed by atoms with van der Waals surface area (Å²) in [4.78, 5) is 26.8. The standard InChI is InChI=1S/C25H19N5O/c31-25(19-13-22(16-9-10-16)29-20-6-2-1-5-18(19)20)28-17-11-12-24(26-14-17)30-15-27-21-7-3-4-8-23(21)30/h1-8,11-16H,9-10H2,(H,28,31). The summed E-state index contributed by atoms with van der Waals surface area (Å²) in [7, 11) is 0. The van der Waals surface area contributed by atoms with E-state index in [1.807, 2.05) is 71.3 Å². The zero-order valence-electron chi connectivity index (χ0n) is 16.7. The number of aromatic nitrogens is 4. The molecule has 0 aliphatic heterocycles. The molecule has 1 saturated carbocycles. The van der Waals surface area contributed by atoms with Gasteiger partial charge in [0.1, 0.15) is 12.1 Å². The number of hydrogen-bond donors (Lipinski definition) is 1. The van der Waals surface area contributed by atoms with Crippen molar-refractivity contribution in [2.24, 2.45) is 0 Å². The average molecular weight is 405 g/mol. The van der Waals surface area contributed by atoms with E-state index in [1.54, 1.807) is 12.5 Å². The first-order valence-electron chi connectivity index (χ1n) is 10.4. The molecule has 6 nitrogen and oxygen atoms in total. The minimum atomic E-state index is -0.150. The monoisotopic (exact) mass is 405 g/mol. The lowest BCUT2D eigenvalue weighted by atomic mass is 10.1. The highest BCUT2D eigenvalue weighted by atomic mass is 16.1. The number of anilines is 1. The highest BCUT2D eigenvalue weighted by molar-refractivity contribution is 6.12. The summed E-state index contributed by atoms with van der Waals surface area (Å²) < 4.78 is 1.93. The molecular weight excluding hydrogens is 386 g/mol. The van der Waals surface area contributed by atoms with Crippen LogP contribution in [0.2, 0.25) is 0 Å². The van der Waals surface area contributed by atoms with E-state index in [2.05, 4.69) is 15.3 Å². The summed E-state index contributed by atoms with van der Waals surface area (Å²) in [5.74, 6) is 1.07. The van der Waals surface area contributed by atoms with Crippen molar-refractivity contribution in [2.45, 2.75) is 18.8 Å². The molecule has 1 N–H and O–H groups in total. The normalized spacial score (nSPS) is 13.5. The van der Waals surface area contributed by atoms with Crippen molar-refractivity contribution < 1.29 is 4.79 Å². The van der Waals surface area contributed by atoms with Crippen molar-refractivity contribution in [1.82, 2.24) is 19.5 Å². The van der Waals surface area contributed by atoms with Gasteiger partial charge in [0.2, 0.25) is 0 Å². The van der Waals surface area contributed by atoms with Crippen LogP contribution in [-0.2, 0) is 0 Å². The van der Waals surface area contributed by atoms with Gasteiger partial charge in [0.25, 0.3) is 5.91 Å². The molecule has 5 aromatic rings. The van der Waals surface area contributed by atoms with Gasteiger partial charge in [0.05, 0.1) is 34.0 Å². The van der Waals surface area contributed by atoms with Gasteiger partial charge in [-0.05, 0) is 49.2 Å². The number of fused-ring (bicyclic) bond motifs is 2. The SMILES string of the molecule is O=C(Nc1ccc(-n2cnc3ccccc32)nc1)c1cc(C2CC2)nc2ccccc12. The molecule has 150 valence electrons. The summed E-state index contributed by atoms with van der Waals surface area (Å²) in [6.07, 6.45) is 5.71. The van der Waals surface area contributed by atoms with E-state index in [9.17, 15) is 4.79 Å². The minimum Gasteiger partial charge on any atom is -0.321 e. The van der Waals surface area contributed by atoms with E-state index >= 15 is 0 Å². The Bertz CT molecular complexity index is 1430. The Labute approximate surface area is 178 Å². The van der Waals surface area contributed by atoms with E-state index in [4.69, 9.17) is 4.98 Å². The van der Waals surface area contributed by atoms with Gasteiger partial charge in [0.15, 0.2) is 0 Å². The first kappa shape index (κ1) is 17.8. The molecular formula is C25H19N5O. The maximum Gasteiger partial charge on any atom is 0.256 e. The first-order valence-corrected chi connectivity index (χ1v) is 10.4. The van der Waals surface area contributed by atoms with Crippen molar-refractivity contribution in [3.05, 3.63) is 90.5 Å². The van der Waals surface area contributed by atoms with Gasteiger partial charge in [-0.1, -0.05) is 30.3 Å². The number of rotatable bonds is 4. The number of benzene rings is 2. The van der Waals surface area contributed by atoms with Crippen LogP contribution in [-0.4, -0.2) is 25.4 Å². The van der Waals surface area contributed by atoms with Crippen LogP contribution in [0, 0.1) is 0 Å². The maximum absolute atomic E-state index is 13.1. The molecule has 3 aromatic heterocycles. The van der Waals surface area contributed by atoms with Crippen molar-refractivity contribution in [1.29, 1.82) is 0 Å². The number of carbonyl (C=O) groups excluding carboxylic acids is 1. The Morgan fingerprint density at radius 2 is 1.74 bits per heavy atom. The first-order chi connectivity index (χ1) is 15.3. The number of para-hydroxylation sites is 3. The Morgan fingerprint density at radius 3 is 2.55 bits per heavy atom. The second-order valence-electron chi connectivity index (χ2n) is 7.85. The van der Waals surface area contributed by atoms with Gasteiger partial charge in [-0.25, -0.2) is 9.97 Å². The average Bonchev–Trinajstić information content (AvgIpc) is 3.58. The molecule has 3 heterocycles. The highest BCUT2D eigenvalue weighted by Gasteiger charge is 2.27. The van der Waals surface area contributed by atoms with Gasteiger partial charge in [0, 0.05) is 17.0 Å². The molecule has 1 aliphatic carbocycles. The van der Waals surface area contributed by atoms with Gasteiger partial charge >= 0.3 is 0 Å². The topological polar surface area (TPSA) is 72.7 Å². The van der Waals surface area contributed by atoms with Crippen molar-refractivity contribution >= 4 is 33.5 Å². The molecule has 0 atom stereocenters. The third-order valence-electron chi connectivity index (χ3n) is 5.68. The van der Waals surface area contributed by atoms with Crippen LogP contribution in [0.5, 0.6) is 0 Å². The minimum absolute atomic E-state index is 0.150. The number of pyridine rings is 2. The smallest absolute Gasteiger partial charge is 0.256 e. The summed E-state index contributed by atoms with van der Waals surface area (Å²) >= 11 is 0. The molecule has 0 unspecified atom stereocenters. The lowest BCUT2D eigenvalue weighted by molar-refractivity contribution is 0.102. The molecule has 0 spiro atoms. The second kappa shape index (κ2) is 7.02. The predicted octanol–water partition coefficient (Wildman–Crippen LogP) is 5.10. The summed E-state index contributed by atoms with van der Waals surface area (Å²) in [6, 6.07) is 21.4. The predicted molar refractivity (Wildman–Crippen MR) is 121 cm³/mol. The fourth-order valence-electron chi connectivity index (χ4n) is 3.91. The Hall–Kier alpha value is -4.06. The lowest BCUT2D eigenvalue weighted by Gasteiger charge is -2.11. The molecule has 6 rings (SSSR count). The summed E-state index contributed by atoms with van der Waals surface area (Å²) in [5, 5.41) is 3.85. The van der Waals surface area contributed by atoms with E-state index in [1.165, 1.54) is 0 Å². The lowest BCUT2D eigenvalue weighted by Crippen LogP contribution is -2.14. The van der Waals surface area contributed by atoms with Crippen LogP contribution in [0.1, 0.15) is 34.8 Å². The van der Waals surface area contributed by atoms with E-state index in [-0.39, 0.29) is 5.91 Å². The van der Waals surface area contributed by atoms with E-state index in [0.29, 0.717) is 17.2 Å². The van der Waals surface area contributed by atoms with Gasteiger partial charge in [-0.3, -0.25) is 14.3 Å². The van der Waals surface area contributed by atoms with Crippen molar-refractivity contribution in [3.8, 4) is 5.82 Å². The quantitative estimate of drug-likeness (QED) is 0.452. The second-order valence-corrected chi connectivity index (χ2v) is 7.85. The van der Waals surface area contributed by atoms with Crippen LogP contribution >= 0.6 is 0 Å². The molecule has 6 heteroatoms. The zero-order chi connectivity index (χ0) is 20.8. The third-order valence-corrected chi connectivity index (χ3v) is 5.68.